The summed E-state index contributed by atoms with van der Waals surface area (Å²) in [4.78, 5) is 3.95. The number of hydrogen-bond donors (Lipinski definition) is 0. The van der Waals surface area contributed by atoms with Crippen LogP contribution >= 0.6 is 11.6 Å². The summed E-state index contributed by atoms with van der Waals surface area (Å²) in [5.74, 6) is 0. The molecule has 5 nitrogen and oxygen atoms in total. The first-order chi connectivity index (χ1) is 10.00. The Bertz CT molecular complexity index is 770. The van der Waals surface area contributed by atoms with Crippen LogP contribution in [-0.4, -0.2) is 28.8 Å². The maximum Gasteiger partial charge on any atom is 0.263 e. The molecule has 7 heteroatoms. The molecule has 0 bridgehead atoms. The van der Waals surface area contributed by atoms with Gasteiger partial charge in [-0.15, -0.1) is 0 Å². The molecule has 1 aliphatic heterocycles. The summed E-state index contributed by atoms with van der Waals surface area (Å²) < 4.78 is 28.5. The van der Waals surface area contributed by atoms with E-state index in [-0.39, 0.29) is 10.2 Å². The van der Waals surface area contributed by atoms with E-state index in [1.165, 1.54) is 20.8 Å². The number of aryl methyl sites for hydroxylation is 2. The fraction of sp³-hybridized carbons (Fsp3) is 0.357. The largest absolute Gasteiger partial charge is 0.324 e. The van der Waals surface area contributed by atoms with Gasteiger partial charge in [-0.2, -0.15) is 4.31 Å². The van der Waals surface area contributed by atoms with Crippen molar-refractivity contribution in [3.63, 3.8) is 0 Å². The molecule has 0 spiro atoms. The molecule has 1 aromatic carbocycles. The molecule has 0 fully saturated rings. The summed E-state index contributed by atoms with van der Waals surface area (Å²) in [7, 11) is -2.00. The molecule has 0 saturated heterocycles. The van der Waals surface area contributed by atoms with E-state index >= 15 is 0 Å². The Kier molecular flexibility index (Phi) is 3.77. The lowest BCUT2D eigenvalue weighted by atomic mass is 10.0. The van der Waals surface area contributed by atoms with Crippen LogP contribution in [-0.2, 0) is 30.0 Å². The number of aromatic nitrogens is 2. The van der Waals surface area contributed by atoms with Crippen LogP contribution in [0.5, 0.6) is 0 Å². The standard InChI is InChI=1S/C14H16ClN3O2S/c1-17-10-16-14(13(17)15)21(19,20)18-8-4-7-11-5-2-3-6-12(11)9-18/h2-3,5-6,10H,4,7-9H2,1H3. The van der Waals surface area contributed by atoms with Crippen molar-refractivity contribution in [2.75, 3.05) is 6.54 Å². The van der Waals surface area contributed by atoms with E-state index in [2.05, 4.69) is 11.1 Å². The zero-order valence-corrected chi connectivity index (χ0v) is 13.2. The predicted octanol–water partition coefficient (Wildman–Crippen LogP) is 2.21. The highest BCUT2D eigenvalue weighted by Gasteiger charge is 2.31. The highest BCUT2D eigenvalue weighted by atomic mass is 35.5. The third kappa shape index (κ3) is 2.59. The fourth-order valence-electron chi connectivity index (χ4n) is 2.56. The van der Waals surface area contributed by atoms with Gasteiger partial charge in [0.2, 0.25) is 5.03 Å². The van der Waals surface area contributed by atoms with Gasteiger partial charge in [0.15, 0.2) is 0 Å². The second-order valence-electron chi connectivity index (χ2n) is 5.16. The third-order valence-electron chi connectivity index (χ3n) is 3.74. The van der Waals surface area contributed by atoms with Crippen LogP contribution in [0, 0.1) is 0 Å². The molecule has 1 aromatic heterocycles. The normalized spacial score (nSPS) is 16.5. The molecule has 0 N–H and O–H groups in total. The second-order valence-corrected chi connectivity index (χ2v) is 7.37. The average molecular weight is 326 g/mol. The zero-order chi connectivity index (χ0) is 15.0. The van der Waals surface area contributed by atoms with E-state index < -0.39 is 10.0 Å². The summed E-state index contributed by atoms with van der Waals surface area (Å²) in [6.07, 6.45) is 3.10. The summed E-state index contributed by atoms with van der Waals surface area (Å²) in [5.41, 5.74) is 2.26. The molecule has 1 aliphatic rings. The molecule has 0 unspecified atom stereocenters. The van der Waals surface area contributed by atoms with Gasteiger partial charge in [0, 0.05) is 20.1 Å². The number of halogens is 1. The first-order valence-electron chi connectivity index (χ1n) is 6.74. The van der Waals surface area contributed by atoms with Gasteiger partial charge in [-0.3, -0.25) is 0 Å². The van der Waals surface area contributed by atoms with Crippen molar-refractivity contribution in [2.45, 2.75) is 24.4 Å². The van der Waals surface area contributed by atoms with E-state index in [9.17, 15) is 8.42 Å². The highest BCUT2D eigenvalue weighted by molar-refractivity contribution is 7.89. The Hall–Kier alpha value is -1.37. The van der Waals surface area contributed by atoms with Gasteiger partial charge < -0.3 is 4.57 Å². The molecule has 0 radical (unpaired) electrons. The average Bonchev–Trinajstić information content (AvgIpc) is 2.69. The van der Waals surface area contributed by atoms with Crippen LogP contribution < -0.4 is 0 Å². The number of rotatable bonds is 2. The summed E-state index contributed by atoms with van der Waals surface area (Å²) in [6.45, 7) is 0.843. The van der Waals surface area contributed by atoms with Crippen molar-refractivity contribution in [1.29, 1.82) is 0 Å². The van der Waals surface area contributed by atoms with Crippen LogP contribution in [0.15, 0.2) is 35.6 Å². The molecule has 2 aromatic rings. The zero-order valence-electron chi connectivity index (χ0n) is 11.7. The van der Waals surface area contributed by atoms with Crippen molar-refractivity contribution in [2.24, 2.45) is 7.05 Å². The highest BCUT2D eigenvalue weighted by Crippen LogP contribution is 2.27. The quantitative estimate of drug-likeness (QED) is 0.850. The molecular formula is C14H16ClN3O2S. The van der Waals surface area contributed by atoms with Gasteiger partial charge in [-0.05, 0) is 24.0 Å². The van der Waals surface area contributed by atoms with Gasteiger partial charge in [-0.1, -0.05) is 35.9 Å². The number of sulfonamides is 1. The van der Waals surface area contributed by atoms with Gasteiger partial charge in [0.1, 0.15) is 5.15 Å². The van der Waals surface area contributed by atoms with Gasteiger partial charge in [0.05, 0.1) is 6.33 Å². The van der Waals surface area contributed by atoms with Crippen LogP contribution in [0.25, 0.3) is 0 Å². The van der Waals surface area contributed by atoms with Crippen LogP contribution in [0.1, 0.15) is 17.5 Å². The number of imidazole rings is 1. The Morgan fingerprint density at radius 3 is 2.62 bits per heavy atom. The fourth-order valence-corrected chi connectivity index (χ4v) is 4.41. The molecule has 21 heavy (non-hydrogen) atoms. The lowest BCUT2D eigenvalue weighted by Crippen LogP contribution is -2.31. The summed E-state index contributed by atoms with van der Waals surface area (Å²) in [5, 5.41) is 0.0820. The van der Waals surface area contributed by atoms with Gasteiger partial charge in [-0.25, -0.2) is 13.4 Å². The second kappa shape index (κ2) is 5.44. The molecule has 0 atom stereocenters. The molecule has 3 rings (SSSR count). The Balaban J connectivity index is 1.99. The third-order valence-corrected chi connectivity index (χ3v) is 6.07. The maximum atomic E-state index is 12.7. The monoisotopic (exact) mass is 325 g/mol. The Morgan fingerprint density at radius 1 is 1.24 bits per heavy atom. The van der Waals surface area contributed by atoms with Crippen molar-refractivity contribution in [3.8, 4) is 0 Å². The number of nitrogens with zero attached hydrogens (tertiary/aromatic N) is 3. The van der Waals surface area contributed by atoms with Gasteiger partial charge in [0.25, 0.3) is 10.0 Å². The van der Waals surface area contributed by atoms with E-state index in [1.807, 2.05) is 18.2 Å². The smallest absolute Gasteiger partial charge is 0.263 e. The summed E-state index contributed by atoms with van der Waals surface area (Å²) >= 11 is 6.05. The lowest BCUT2D eigenvalue weighted by Gasteiger charge is -2.19. The minimum Gasteiger partial charge on any atom is -0.324 e. The lowest BCUT2D eigenvalue weighted by molar-refractivity contribution is 0.408. The van der Waals surface area contributed by atoms with Crippen molar-refractivity contribution >= 4 is 21.6 Å². The van der Waals surface area contributed by atoms with Crippen LogP contribution in [0.4, 0.5) is 0 Å². The van der Waals surface area contributed by atoms with Crippen molar-refractivity contribution in [3.05, 3.63) is 46.9 Å². The minimum atomic E-state index is -3.67. The summed E-state index contributed by atoms with van der Waals surface area (Å²) in [6, 6.07) is 7.95. The first-order valence-corrected chi connectivity index (χ1v) is 8.55. The number of fused-ring (bicyclic) bond motifs is 1. The van der Waals surface area contributed by atoms with E-state index in [0.29, 0.717) is 13.1 Å². The Morgan fingerprint density at radius 2 is 1.95 bits per heavy atom. The minimum absolute atomic E-state index is 0.0638. The maximum absolute atomic E-state index is 12.7. The van der Waals surface area contributed by atoms with E-state index in [1.54, 1.807) is 7.05 Å². The number of benzene rings is 1. The molecule has 112 valence electrons. The molecular weight excluding hydrogens is 310 g/mol. The van der Waals surface area contributed by atoms with E-state index in [0.717, 1.165) is 18.4 Å². The SMILES string of the molecule is Cn1cnc(S(=O)(=O)N2CCCc3ccccc3C2)c1Cl. The number of hydrogen-bond acceptors (Lipinski definition) is 3. The molecule has 0 saturated carbocycles. The molecule has 2 heterocycles. The predicted molar refractivity (Wildman–Crippen MR) is 80.6 cm³/mol. The topological polar surface area (TPSA) is 55.2 Å². The van der Waals surface area contributed by atoms with Crippen LogP contribution in [0.3, 0.4) is 0 Å². The van der Waals surface area contributed by atoms with Crippen molar-refractivity contribution < 1.29 is 8.42 Å². The van der Waals surface area contributed by atoms with Crippen molar-refractivity contribution in [1.82, 2.24) is 13.9 Å². The van der Waals surface area contributed by atoms with E-state index in [4.69, 9.17) is 11.6 Å². The van der Waals surface area contributed by atoms with Gasteiger partial charge >= 0.3 is 0 Å². The molecule has 0 amide bonds. The first kappa shape index (κ1) is 14.6. The molecule has 0 aliphatic carbocycles. The Labute approximate surface area is 129 Å². The van der Waals surface area contributed by atoms with Crippen LogP contribution in [0.2, 0.25) is 5.15 Å².